The number of aromatic nitrogens is 2. The fourth-order valence-electron chi connectivity index (χ4n) is 0.835. The lowest BCUT2D eigenvalue weighted by molar-refractivity contribution is 0.898. The van der Waals surface area contributed by atoms with Gasteiger partial charge >= 0.3 is 0 Å². The molecule has 4 heteroatoms. The Morgan fingerprint density at radius 1 is 1.58 bits per heavy atom. The first-order valence-corrected chi connectivity index (χ1v) is 3.52. The lowest BCUT2D eigenvalue weighted by atomic mass is 10.4. The van der Waals surface area contributed by atoms with Gasteiger partial charge < -0.3 is 10.8 Å². The molecule has 1 aromatic heterocycles. The highest BCUT2D eigenvalue weighted by atomic mass is 15.3. The van der Waals surface area contributed by atoms with Gasteiger partial charge in [0.05, 0.1) is 11.4 Å². The van der Waals surface area contributed by atoms with Crippen LogP contribution in [0.4, 0.5) is 0 Å². The van der Waals surface area contributed by atoms with Crippen LogP contribution in [0.3, 0.4) is 0 Å². The average molecular weight is 162 g/mol. The Labute approximate surface area is 70.5 Å². The van der Waals surface area contributed by atoms with Crippen molar-refractivity contribution in [2.24, 2.45) is 0 Å². The molecule has 62 valence electrons. The SMILES string of the molecule is Cc1ccn(/C(C=N)=C/C=N)n1. The van der Waals surface area contributed by atoms with E-state index in [0.717, 1.165) is 18.1 Å². The summed E-state index contributed by atoms with van der Waals surface area (Å²) >= 11 is 0. The summed E-state index contributed by atoms with van der Waals surface area (Å²) in [5.41, 5.74) is 1.48. The van der Waals surface area contributed by atoms with Gasteiger partial charge in [-0.05, 0) is 19.1 Å². The molecule has 0 aliphatic heterocycles. The Morgan fingerprint density at radius 3 is 2.75 bits per heavy atom. The minimum atomic E-state index is 0.582. The minimum Gasteiger partial charge on any atom is -0.309 e. The maximum Gasteiger partial charge on any atom is 0.0836 e. The van der Waals surface area contributed by atoms with Gasteiger partial charge in [0.2, 0.25) is 0 Å². The Balaban J connectivity index is 3.02. The van der Waals surface area contributed by atoms with Gasteiger partial charge in [-0.2, -0.15) is 5.10 Å². The highest BCUT2D eigenvalue weighted by Gasteiger charge is 1.96. The smallest absolute Gasteiger partial charge is 0.0836 e. The van der Waals surface area contributed by atoms with Gasteiger partial charge in [0.1, 0.15) is 0 Å². The second-order valence-corrected chi connectivity index (χ2v) is 2.30. The molecule has 0 fully saturated rings. The highest BCUT2D eigenvalue weighted by Crippen LogP contribution is 2.00. The number of hydrogen-bond donors (Lipinski definition) is 2. The van der Waals surface area contributed by atoms with Gasteiger partial charge in [0.25, 0.3) is 0 Å². The summed E-state index contributed by atoms with van der Waals surface area (Å²) in [7, 11) is 0. The zero-order valence-electron chi connectivity index (χ0n) is 6.78. The molecule has 0 aliphatic rings. The highest BCUT2D eigenvalue weighted by molar-refractivity contribution is 6.04. The Morgan fingerprint density at radius 2 is 2.33 bits per heavy atom. The first kappa shape index (κ1) is 8.39. The molecule has 0 radical (unpaired) electrons. The number of aryl methyl sites for hydroxylation is 1. The predicted octanol–water partition coefficient (Wildman–Crippen LogP) is 1.33. The second-order valence-electron chi connectivity index (χ2n) is 2.30. The fraction of sp³-hybridized carbons (Fsp3) is 0.125. The normalized spacial score (nSPS) is 11.2. The molecular weight excluding hydrogens is 152 g/mol. The molecule has 2 N–H and O–H groups in total. The van der Waals surface area contributed by atoms with Crippen LogP contribution in [0, 0.1) is 17.7 Å². The third kappa shape index (κ3) is 1.66. The standard InChI is InChI=1S/C8H10N4/c1-7-3-5-12(11-7)8(6-10)2-4-9/h2-6,9-10H,1H3/b8-2+,9-4?,10-6?. The zero-order chi connectivity index (χ0) is 8.97. The van der Waals surface area contributed by atoms with E-state index >= 15 is 0 Å². The van der Waals surface area contributed by atoms with Crippen molar-refractivity contribution in [2.45, 2.75) is 6.92 Å². The first-order chi connectivity index (χ1) is 5.77. The molecule has 1 heterocycles. The van der Waals surface area contributed by atoms with Crippen molar-refractivity contribution in [1.82, 2.24) is 9.78 Å². The van der Waals surface area contributed by atoms with Crippen LogP contribution in [0.2, 0.25) is 0 Å². The van der Waals surface area contributed by atoms with Crippen molar-refractivity contribution in [2.75, 3.05) is 0 Å². The van der Waals surface area contributed by atoms with E-state index < -0.39 is 0 Å². The fourth-order valence-corrected chi connectivity index (χ4v) is 0.835. The molecule has 12 heavy (non-hydrogen) atoms. The zero-order valence-corrected chi connectivity index (χ0v) is 6.78. The summed E-state index contributed by atoms with van der Waals surface area (Å²) in [6, 6.07) is 1.85. The van der Waals surface area contributed by atoms with Crippen molar-refractivity contribution in [1.29, 1.82) is 10.8 Å². The van der Waals surface area contributed by atoms with Crippen LogP contribution in [-0.4, -0.2) is 22.2 Å². The molecule has 0 spiro atoms. The lowest BCUT2D eigenvalue weighted by Gasteiger charge is -1.97. The van der Waals surface area contributed by atoms with Crippen LogP contribution in [0.15, 0.2) is 18.3 Å². The number of allylic oxidation sites excluding steroid dienone is 2. The van der Waals surface area contributed by atoms with E-state index in [9.17, 15) is 0 Å². The Kier molecular flexibility index (Phi) is 2.53. The molecule has 0 bridgehead atoms. The molecule has 0 atom stereocenters. The van der Waals surface area contributed by atoms with Crippen LogP contribution in [0.25, 0.3) is 5.70 Å². The quantitative estimate of drug-likeness (QED) is 0.647. The summed E-state index contributed by atoms with van der Waals surface area (Å²) in [5, 5.41) is 18.0. The molecule has 0 saturated heterocycles. The molecule has 0 aliphatic carbocycles. The van der Waals surface area contributed by atoms with Crippen LogP contribution in [0.1, 0.15) is 5.69 Å². The molecule has 0 amide bonds. The maximum absolute atomic E-state index is 7.05. The van der Waals surface area contributed by atoms with Crippen LogP contribution >= 0.6 is 0 Å². The predicted molar refractivity (Wildman–Crippen MR) is 48.8 cm³/mol. The summed E-state index contributed by atoms with van der Waals surface area (Å²) in [4.78, 5) is 0. The van der Waals surface area contributed by atoms with Gasteiger partial charge in [-0.15, -0.1) is 0 Å². The van der Waals surface area contributed by atoms with E-state index in [1.165, 1.54) is 6.08 Å². The topological polar surface area (TPSA) is 65.5 Å². The molecule has 0 aromatic carbocycles. The molecule has 4 nitrogen and oxygen atoms in total. The van der Waals surface area contributed by atoms with Gasteiger partial charge in [-0.3, -0.25) is 0 Å². The third-order valence-corrected chi connectivity index (χ3v) is 1.39. The number of nitrogens with zero attached hydrogens (tertiary/aromatic N) is 2. The van der Waals surface area contributed by atoms with Crippen molar-refractivity contribution < 1.29 is 0 Å². The molecule has 0 saturated carbocycles. The van der Waals surface area contributed by atoms with E-state index in [0.29, 0.717) is 5.70 Å². The van der Waals surface area contributed by atoms with Crippen LogP contribution in [0.5, 0.6) is 0 Å². The molecular formula is C8H10N4. The van der Waals surface area contributed by atoms with Crippen LogP contribution in [-0.2, 0) is 0 Å². The molecule has 1 aromatic rings. The Bertz CT molecular complexity index is 322. The molecule has 0 unspecified atom stereocenters. The number of nitrogens with one attached hydrogen (secondary N) is 2. The number of rotatable bonds is 3. The summed E-state index contributed by atoms with van der Waals surface area (Å²) in [6.45, 7) is 1.88. The van der Waals surface area contributed by atoms with Crippen LogP contribution < -0.4 is 0 Å². The van der Waals surface area contributed by atoms with Crippen molar-refractivity contribution >= 4 is 18.1 Å². The third-order valence-electron chi connectivity index (χ3n) is 1.39. The molecule has 1 rings (SSSR count). The second kappa shape index (κ2) is 3.61. The summed E-state index contributed by atoms with van der Waals surface area (Å²) in [6.07, 6.45) is 5.57. The summed E-state index contributed by atoms with van der Waals surface area (Å²) < 4.78 is 1.56. The lowest BCUT2D eigenvalue weighted by Crippen LogP contribution is -1.98. The largest absolute Gasteiger partial charge is 0.309 e. The van der Waals surface area contributed by atoms with Gasteiger partial charge in [0, 0.05) is 18.6 Å². The van der Waals surface area contributed by atoms with Gasteiger partial charge in [-0.25, -0.2) is 4.68 Å². The van der Waals surface area contributed by atoms with Crippen molar-refractivity contribution in [3.8, 4) is 0 Å². The van der Waals surface area contributed by atoms with E-state index in [1.54, 1.807) is 10.9 Å². The first-order valence-electron chi connectivity index (χ1n) is 3.52. The number of hydrogen-bond acceptors (Lipinski definition) is 3. The Hall–Kier alpha value is -1.71. The van der Waals surface area contributed by atoms with Crippen molar-refractivity contribution in [3.63, 3.8) is 0 Å². The van der Waals surface area contributed by atoms with E-state index in [1.807, 2.05) is 13.0 Å². The maximum atomic E-state index is 7.05. The van der Waals surface area contributed by atoms with E-state index in [2.05, 4.69) is 5.10 Å². The monoisotopic (exact) mass is 162 g/mol. The minimum absolute atomic E-state index is 0.582. The van der Waals surface area contributed by atoms with Gasteiger partial charge in [0.15, 0.2) is 0 Å². The summed E-state index contributed by atoms with van der Waals surface area (Å²) in [5.74, 6) is 0. The van der Waals surface area contributed by atoms with E-state index in [-0.39, 0.29) is 0 Å². The van der Waals surface area contributed by atoms with Gasteiger partial charge in [-0.1, -0.05) is 0 Å². The van der Waals surface area contributed by atoms with Crippen molar-refractivity contribution in [3.05, 3.63) is 24.0 Å². The average Bonchev–Trinajstić information content (AvgIpc) is 2.47. The van der Waals surface area contributed by atoms with E-state index in [4.69, 9.17) is 10.8 Å².